The van der Waals surface area contributed by atoms with Gasteiger partial charge in [-0.25, -0.2) is 25.6 Å². The highest BCUT2D eigenvalue weighted by Crippen LogP contribution is 2.29. The summed E-state index contributed by atoms with van der Waals surface area (Å²) in [7, 11) is -5.43. The Hall–Kier alpha value is -4.75. The van der Waals surface area contributed by atoms with Crippen LogP contribution in [-0.4, -0.2) is 47.5 Å². The van der Waals surface area contributed by atoms with Crippen molar-refractivity contribution in [3.63, 3.8) is 0 Å². The monoisotopic (exact) mass is 696 g/mol. The molecule has 0 heterocycles. The summed E-state index contributed by atoms with van der Waals surface area (Å²) in [5.41, 5.74) is 3.26. The normalized spacial score (nSPS) is 12.5. The van der Waals surface area contributed by atoms with E-state index in [1.54, 1.807) is 50.2 Å². The molecule has 0 aromatic heterocycles. The third-order valence-corrected chi connectivity index (χ3v) is 9.13. The molecule has 0 aliphatic rings. The summed E-state index contributed by atoms with van der Waals surface area (Å²) >= 11 is 0. The van der Waals surface area contributed by atoms with Gasteiger partial charge >= 0.3 is 0 Å². The largest absolute Gasteiger partial charge is 0.351 e. The Kier molecular flexibility index (Phi) is 12.3. The van der Waals surface area contributed by atoms with Crippen LogP contribution >= 0.6 is 0 Å². The second-order valence-corrected chi connectivity index (χ2v) is 13.3. The maximum absolute atomic E-state index is 14.6. The first kappa shape index (κ1) is 36.1. The number of carbonyl (C=O) groups is 3. The minimum Gasteiger partial charge on any atom is -0.351 e. The van der Waals surface area contributed by atoms with E-state index in [1.807, 2.05) is 0 Å². The zero-order chi connectivity index (χ0) is 35.0. The average molecular weight is 697 g/mol. The zero-order valence-corrected chi connectivity index (χ0v) is 27.9. The topological polar surface area (TPSA) is 144 Å². The fourth-order valence-electron chi connectivity index (χ4n) is 5.37. The number of hydrogen-bond acceptors (Lipinski definition) is 7. The molecule has 2 N–H and O–H groups in total. The second-order valence-electron chi connectivity index (χ2n) is 11.3. The van der Waals surface area contributed by atoms with Crippen molar-refractivity contribution in [3.05, 3.63) is 141 Å². The van der Waals surface area contributed by atoms with Gasteiger partial charge in [-0.1, -0.05) is 48.5 Å². The smallest absolute Gasteiger partial charge is 0.251 e. The van der Waals surface area contributed by atoms with Crippen LogP contribution in [0.15, 0.2) is 84.9 Å². The predicted molar refractivity (Wildman–Crippen MR) is 178 cm³/mol. The van der Waals surface area contributed by atoms with Crippen molar-refractivity contribution in [2.24, 2.45) is 0 Å². The Balaban J connectivity index is 1.74. The SMILES string of the molecule is Cc1cc(C(CNC(=O)c2cccc(F)c2)C(=O)C(CNC(=O)c2cccc(F)c2)c2ccc(C[SH](=O)=O)c(C)c2)ccc1C[SH](=O)=O. The molecule has 0 radical (unpaired) electrons. The lowest BCUT2D eigenvalue weighted by molar-refractivity contribution is -0.121. The van der Waals surface area contributed by atoms with E-state index < -0.39 is 62.5 Å². The number of thiol groups is 2. The van der Waals surface area contributed by atoms with Gasteiger partial charge in [-0.2, -0.15) is 0 Å². The fraction of sp³-hybridized carbons (Fsp3) is 0.229. The first-order valence-corrected chi connectivity index (χ1v) is 17.6. The van der Waals surface area contributed by atoms with E-state index in [4.69, 9.17) is 0 Å². The minimum absolute atomic E-state index is 0.0359. The van der Waals surface area contributed by atoms with E-state index in [0.29, 0.717) is 33.4 Å². The molecule has 13 heteroatoms. The van der Waals surface area contributed by atoms with Gasteiger partial charge in [0.05, 0.1) is 23.3 Å². The molecule has 2 unspecified atom stereocenters. The Morgan fingerprint density at radius 1 is 0.604 bits per heavy atom. The molecular weight excluding hydrogens is 663 g/mol. The summed E-state index contributed by atoms with van der Waals surface area (Å²) in [6.07, 6.45) is 0. The van der Waals surface area contributed by atoms with Crippen LogP contribution in [0, 0.1) is 25.5 Å². The van der Waals surface area contributed by atoms with Gasteiger partial charge in [0.25, 0.3) is 11.8 Å². The van der Waals surface area contributed by atoms with E-state index in [2.05, 4.69) is 10.6 Å². The van der Waals surface area contributed by atoms with Gasteiger partial charge in [0.1, 0.15) is 33.0 Å². The number of Topliss-reactive ketones (excluding diaryl/α,β-unsaturated/α-hetero) is 1. The summed E-state index contributed by atoms with van der Waals surface area (Å²) in [5.74, 6) is -5.39. The molecule has 0 saturated heterocycles. The first-order valence-electron chi connectivity index (χ1n) is 14.9. The number of benzene rings is 4. The van der Waals surface area contributed by atoms with Gasteiger partial charge < -0.3 is 10.6 Å². The van der Waals surface area contributed by atoms with E-state index >= 15 is 0 Å². The molecule has 9 nitrogen and oxygen atoms in total. The van der Waals surface area contributed by atoms with Crippen molar-refractivity contribution < 1.29 is 40.0 Å². The van der Waals surface area contributed by atoms with Crippen LogP contribution in [-0.2, 0) is 37.7 Å². The molecule has 0 bridgehead atoms. The van der Waals surface area contributed by atoms with Crippen LogP contribution in [0.25, 0.3) is 0 Å². The Morgan fingerprint density at radius 3 is 1.33 bits per heavy atom. The lowest BCUT2D eigenvalue weighted by Gasteiger charge is -2.25. The van der Waals surface area contributed by atoms with Crippen molar-refractivity contribution in [1.29, 1.82) is 0 Å². The highest BCUT2D eigenvalue weighted by atomic mass is 32.2. The van der Waals surface area contributed by atoms with E-state index in [-0.39, 0.29) is 35.7 Å². The standard InChI is InChI=1S/C35H34F2N2O7S2/c1-21-13-23(9-11-27(21)19-47(43)44)31(17-38-34(41)25-5-3-7-29(36)15-25)33(40)32(18-39-35(42)26-6-4-8-30(37)16-26)24-10-12-28(20-48(45)46)22(2)14-24/h3-16,31-32,47-48H,17-20H2,1-2H3,(H,38,41)(H,39,42). The molecule has 0 aliphatic carbocycles. The lowest BCUT2D eigenvalue weighted by Crippen LogP contribution is -2.38. The molecule has 2 atom stereocenters. The van der Waals surface area contributed by atoms with Gasteiger partial charge in [-0.15, -0.1) is 0 Å². The van der Waals surface area contributed by atoms with Gasteiger partial charge in [0.2, 0.25) is 0 Å². The van der Waals surface area contributed by atoms with E-state index in [0.717, 1.165) is 12.1 Å². The first-order chi connectivity index (χ1) is 22.8. The van der Waals surface area contributed by atoms with Crippen LogP contribution in [0.5, 0.6) is 0 Å². The molecule has 252 valence electrons. The van der Waals surface area contributed by atoms with Crippen molar-refractivity contribution in [1.82, 2.24) is 10.6 Å². The maximum atomic E-state index is 14.6. The Morgan fingerprint density at radius 2 is 1.00 bits per heavy atom. The van der Waals surface area contributed by atoms with Crippen LogP contribution in [0.2, 0.25) is 0 Å². The predicted octanol–water partition coefficient (Wildman–Crippen LogP) is 4.10. The van der Waals surface area contributed by atoms with Crippen LogP contribution in [0.3, 0.4) is 0 Å². The number of nitrogens with one attached hydrogen (secondary N) is 2. The number of hydrogen-bond donors (Lipinski definition) is 4. The molecule has 0 saturated carbocycles. The molecule has 0 aliphatic heterocycles. The Labute approximate surface area is 280 Å². The maximum Gasteiger partial charge on any atom is 0.251 e. The van der Waals surface area contributed by atoms with Gasteiger partial charge in [-0.3, -0.25) is 14.4 Å². The summed E-state index contributed by atoms with van der Waals surface area (Å²) < 4.78 is 73.3. The molecule has 4 aromatic carbocycles. The van der Waals surface area contributed by atoms with Crippen LogP contribution in [0.1, 0.15) is 65.9 Å². The second kappa shape index (κ2) is 16.4. The molecule has 4 rings (SSSR count). The third kappa shape index (κ3) is 9.64. The highest BCUT2D eigenvalue weighted by Gasteiger charge is 2.31. The third-order valence-electron chi connectivity index (χ3n) is 7.93. The van der Waals surface area contributed by atoms with Crippen molar-refractivity contribution in [3.8, 4) is 0 Å². The molecular formula is C35H34F2N2O7S2. The van der Waals surface area contributed by atoms with Crippen molar-refractivity contribution >= 4 is 39.0 Å². The van der Waals surface area contributed by atoms with Gasteiger partial charge in [-0.05, 0) is 83.6 Å². The van der Waals surface area contributed by atoms with Crippen molar-refractivity contribution in [2.45, 2.75) is 37.2 Å². The van der Waals surface area contributed by atoms with E-state index in [1.165, 1.54) is 36.4 Å². The zero-order valence-electron chi connectivity index (χ0n) is 26.1. The number of halogens is 2. The highest BCUT2D eigenvalue weighted by molar-refractivity contribution is 7.71. The van der Waals surface area contributed by atoms with Crippen molar-refractivity contribution in [2.75, 3.05) is 13.1 Å². The fourth-order valence-corrected chi connectivity index (χ4v) is 6.63. The van der Waals surface area contributed by atoms with Crippen LogP contribution in [0.4, 0.5) is 8.78 Å². The van der Waals surface area contributed by atoms with Gasteiger partial charge in [0.15, 0.2) is 5.78 Å². The lowest BCUT2D eigenvalue weighted by atomic mass is 9.82. The quantitative estimate of drug-likeness (QED) is 0.146. The molecule has 2 amide bonds. The summed E-state index contributed by atoms with van der Waals surface area (Å²) in [6, 6.07) is 19.8. The Bertz CT molecular complexity index is 1850. The molecule has 4 aromatic rings. The molecule has 0 spiro atoms. The average Bonchev–Trinajstić information content (AvgIpc) is 3.03. The summed E-state index contributed by atoms with van der Waals surface area (Å²) in [4.78, 5) is 40.6. The molecule has 48 heavy (non-hydrogen) atoms. The number of ketones is 1. The van der Waals surface area contributed by atoms with Crippen LogP contribution < -0.4 is 10.6 Å². The number of carbonyl (C=O) groups excluding carboxylic acids is 3. The number of aryl methyl sites for hydroxylation is 2. The number of rotatable bonds is 14. The minimum atomic E-state index is -2.72. The van der Waals surface area contributed by atoms with E-state index in [9.17, 15) is 40.0 Å². The van der Waals surface area contributed by atoms with Gasteiger partial charge in [0, 0.05) is 24.2 Å². The summed E-state index contributed by atoms with van der Waals surface area (Å²) in [6.45, 7) is 2.93. The molecule has 0 fully saturated rings. The summed E-state index contributed by atoms with van der Waals surface area (Å²) in [5, 5.41) is 5.40. The number of amides is 2.